The van der Waals surface area contributed by atoms with Crippen LogP contribution in [0.2, 0.25) is 0 Å². The summed E-state index contributed by atoms with van der Waals surface area (Å²) in [6, 6.07) is 8.91. The van der Waals surface area contributed by atoms with Crippen LogP contribution >= 0.6 is 22.7 Å². The monoisotopic (exact) mass is 906 g/mol. The molecular formula is C48H66N12O2S2. The maximum atomic E-state index is 13.4. The average Bonchev–Trinajstić information content (AvgIpc) is 4.09. The van der Waals surface area contributed by atoms with E-state index in [0.717, 1.165) is 117 Å². The minimum absolute atomic E-state index is 0. The zero-order valence-electron chi connectivity index (χ0n) is 38.8. The van der Waals surface area contributed by atoms with E-state index >= 15 is 0 Å². The molecule has 7 aromatic heterocycles. The molecule has 16 heteroatoms. The number of aromatic nitrogens is 6. The molecule has 0 spiro atoms. The molecule has 0 radical (unpaired) electrons. The van der Waals surface area contributed by atoms with Gasteiger partial charge in [-0.1, -0.05) is 27.7 Å². The van der Waals surface area contributed by atoms with Gasteiger partial charge in [0.15, 0.2) is 11.5 Å². The first kappa shape index (κ1) is 45.2. The summed E-state index contributed by atoms with van der Waals surface area (Å²) in [6.07, 6.45) is 11.0. The third kappa shape index (κ3) is 8.84. The van der Waals surface area contributed by atoms with E-state index in [1.165, 1.54) is 22.2 Å². The summed E-state index contributed by atoms with van der Waals surface area (Å²) < 4.78 is 4.16. The molecule has 2 fully saturated rings. The Kier molecular flexibility index (Phi) is 13.1. The number of hydrogen-bond acceptors (Lipinski definition) is 10. The average molecular weight is 907 g/mol. The number of hydrogen-bond donors (Lipinski definition) is 3. The maximum absolute atomic E-state index is 13.4. The third-order valence-corrected chi connectivity index (χ3v) is 14.7. The molecule has 2 atom stereocenters. The topological polar surface area (TPSA) is 160 Å². The fourth-order valence-electron chi connectivity index (χ4n) is 9.62. The van der Waals surface area contributed by atoms with Crippen LogP contribution in [0.3, 0.4) is 0 Å². The number of fused-ring (bicyclic) bond motifs is 3. The van der Waals surface area contributed by atoms with Crippen molar-refractivity contribution in [1.82, 2.24) is 49.1 Å². The van der Waals surface area contributed by atoms with Gasteiger partial charge in [-0.15, -0.1) is 22.7 Å². The standard InChI is InChI=1S/C24H30N6OS.C24H32N6OS.2H2/c1-14(2)20-21(16-9-15(3)23-25-13-26-30(23)11-16)27-18-10-19(32-22(18)20)24(31)29-8-6-7-17(29)12-28(4)5;1-14(2)20-21(16-9-15(3)23(26-11-16)27-13-25)28-18-10-19(32-22(18)20)24(31)30-8-6-7-17(30)12-29(4)5;;/h9-11,13-14,17,27H,6-8,12H2,1-5H3;9-11,13-14,17,28H,6-8,12H2,1-5H3,(H2,25,26,27);2*1H/t2*17-;;/m10../s1. The molecule has 2 saturated heterocycles. The van der Waals surface area contributed by atoms with Gasteiger partial charge >= 0.3 is 0 Å². The van der Waals surface area contributed by atoms with E-state index in [-0.39, 0.29) is 14.7 Å². The fourth-order valence-corrected chi connectivity index (χ4v) is 12.2. The van der Waals surface area contributed by atoms with Crippen LogP contribution in [0, 0.1) is 13.8 Å². The molecule has 342 valence electrons. The van der Waals surface area contributed by atoms with Gasteiger partial charge in [0, 0.05) is 64.6 Å². The normalized spacial score (nSPS) is 17.0. The number of aromatic amines is 2. The van der Waals surface area contributed by atoms with Crippen molar-refractivity contribution in [2.24, 2.45) is 10.7 Å². The quantitative estimate of drug-likeness (QED) is 0.0855. The highest BCUT2D eigenvalue weighted by atomic mass is 32.1. The van der Waals surface area contributed by atoms with Gasteiger partial charge in [-0.25, -0.2) is 19.5 Å². The fraction of sp³-hybridized carbons (Fsp3) is 0.458. The lowest BCUT2D eigenvalue weighted by Gasteiger charge is -2.26. The Labute approximate surface area is 386 Å². The molecule has 0 aliphatic carbocycles. The van der Waals surface area contributed by atoms with Crippen LogP contribution in [0.1, 0.15) is 110 Å². The Bertz CT molecular complexity index is 2850. The Hall–Kier alpha value is -5.42. The molecular weight excluding hydrogens is 841 g/mol. The van der Waals surface area contributed by atoms with Gasteiger partial charge in [-0.2, -0.15) is 5.10 Å². The van der Waals surface area contributed by atoms with E-state index in [4.69, 9.17) is 5.73 Å². The molecule has 0 unspecified atom stereocenters. The van der Waals surface area contributed by atoms with E-state index in [1.54, 1.807) is 29.0 Å². The second kappa shape index (κ2) is 18.6. The number of nitrogens with two attached hydrogens (primary N) is 1. The Morgan fingerprint density at radius 3 is 1.81 bits per heavy atom. The van der Waals surface area contributed by atoms with E-state index in [0.29, 0.717) is 29.7 Å². The largest absolute Gasteiger partial charge is 0.390 e. The summed E-state index contributed by atoms with van der Waals surface area (Å²) in [4.78, 5) is 57.0. The first-order valence-electron chi connectivity index (χ1n) is 22.4. The lowest BCUT2D eigenvalue weighted by molar-refractivity contribution is 0.0713. The van der Waals surface area contributed by atoms with Crippen LogP contribution in [0.15, 0.2) is 48.0 Å². The van der Waals surface area contributed by atoms with Gasteiger partial charge in [-0.05, 0) is 126 Å². The van der Waals surface area contributed by atoms with Crippen molar-refractivity contribution in [3.05, 3.63) is 75.0 Å². The number of pyridine rings is 2. The number of aliphatic imine (C=N–C) groups is 1. The number of likely N-dealkylation sites (N-methyl/N-ethyl adjacent to an activating group) is 2. The summed E-state index contributed by atoms with van der Waals surface area (Å²) in [7, 11) is 8.28. The molecule has 9 heterocycles. The minimum Gasteiger partial charge on any atom is -0.390 e. The van der Waals surface area contributed by atoms with Gasteiger partial charge in [0.05, 0.1) is 47.9 Å². The van der Waals surface area contributed by atoms with Gasteiger partial charge in [0.1, 0.15) is 6.33 Å². The van der Waals surface area contributed by atoms with Crippen molar-refractivity contribution in [3.63, 3.8) is 0 Å². The highest BCUT2D eigenvalue weighted by molar-refractivity contribution is 7.21. The summed E-state index contributed by atoms with van der Waals surface area (Å²) in [5.41, 5.74) is 17.2. The molecule has 0 saturated carbocycles. The van der Waals surface area contributed by atoms with Crippen LogP contribution < -0.4 is 5.73 Å². The Balaban J connectivity index is 0.000000212. The van der Waals surface area contributed by atoms with Crippen LogP contribution in [-0.2, 0) is 0 Å². The first-order chi connectivity index (χ1) is 30.6. The first-order valence-corrected chi connectivity index (χ1v) is 24.0. The van der Waals surface area contributed by atoms with Gasteiger partial charge < -0.3 is 35.3 Å². The number of nitrogens with zero attached hydrogens (tertiary/aromatic N) is 9. The van der Waals surface area contributed by atoms with E-state index in [9.17, 15) is 9.59 Å². The zero-order valence-corrected chi connectivity index (χ0v) is 40.5. The van der Waals surface area contributed by atoms with Crippen molar-refractivity contribution < 1.29 is 12.4 Å². The molecule has 7 aromatic rings. The Morgan fingerprint density at radius 2 is 1.33 bits per heavy atom. The number of carbonyl (C=O) groups is 2. The van der Waals surface area contributed by atoms with Crippen molar-refractivity contribution in [2.75, 3.05) is 54.4 Å². The molecule has 2 aliphatic rings. The van der Waals surface area contributed by atoms with Gasteiger partial charge in [-0.3, -0.25) is 9.59 Å². The SMILES string of the molecule is Cc1cc(-c2[nH]c3cc(C(=O)N4CCC[C@@H]4CN(C)C)sc3c2C(C)C)cn2ncnc12.Cc1cc(-c2[nH]c3cc(C(=O)N4CCC[C@H]4CN(C)C)sc3c2C(C)C)cnc1N=CN.[HH].[HH]. The number of rotatable bonds is 11. The smallest absolute Gasteiger partial charge is 0.264 e. The number of amides is 2. The van der Waals surface area contributed by atoms with Crippen LogP contribution in [0.5, 0.6) is 0 Å². The number of likely N-dealkylation sites (tertiary alicyclic amines) is 2. The van der Waals surface area contributed by atoms with Gasteiger partial charge in [0.25, 0.3) is 11.8 Å². The maximum Gasteiger partial charge on any atom is 0.264 e. The van der Waals surface area contributed by atoms with Crippen molar-refractivity contribution in [1.29, 1.82) is 0 Å². The summed E-state index contributed by atoms with van der Waals surface area (Å²) in [6.45, 7) is 16.4. The Morgan fingerprint density at radius 1 is 0.812 bits per heavy atom. The highest BCUT2D eigenvalue weighted by Gasteiger charge is 2.33. The lowest BCUT2D eigenvalue weighted by atomic mass is 9.99. The summed E-state index contributed by atoms with van der Waals surface area (Å²) in [5, 5.41) is 4.33. The predicted molar refractivity (Wildman–Crippen MR) is 267 cm³/mol. The van der Waals surface area contributed by atoms with Crippen molar-refractivity contribution in [2.45, 2.75) is 91.1 Å². The van der Waals surface area contributed by atoms with E-state index in [2.05, 4.69) is 125 Å². The third-order valence-electron chi connectivity index (χ3n) is 12.4. The molecule has 0 aromatic carbocycles. The van der Waals surface area contributed by atoms with Crippen LogP contribution in [0.25, 0.3) is 48.6 Å². The summed E-state index contributed by atoms with van der Waals surface area (Å²) in [5.74, 6) is 1.57. The second-order valence-electron chi connectivity index (χ2n) is 18.5. The predicted octanol–water partition coefficient (Wildman–Crippen LogP) is 9.54. The molecule has 4 N–H and O–H groups in total. The second-order valence-corrected chi connectivity index (χ2v) is 20.6. The number of aryl methyl sites for hydroxylation is 2. The number of nitrogens with one attached hydrogen (secondary N) is 2. The number of carbonyl (C=O) groups excluding carboxylic acids is 2. The zero-order chi connectivity index (χ0) is 45.6. The molecule has 0 bridgehead atoms. The summed E-state index contributed by atoms with van der Waals surface area (Å²) >= 11 is 3.22. The molecule has 64 heavy (non-hydrogen) atoms. The minimum atomic E-state index is 0. The van der Waals surface area contributed by atoms with E-state index in [1.807, 2.05) is 36.0 Å². The molecule has 9 rings (SSSR count). The van der Waals surface area contributed by atoms with Crippen molar-refractivity contribution >= 4 is 72.7 Å². The van der Waals surface area contributed by atoms with Crippen LogP contribution in [0.4, 0.5) is 5.82 Å². The van der Waals surface area contributed by atoms with Crippen molar-refractivity contribution in [3.8, 4) is 22.5 Å². The highest BCUT2D eigenvalue weighted by Crippen LogP contribution is 2.42. The number of H-pyrrole nitrogens is 2. The van der Waals surface area contributed by atoms with Crippen LogP contribution in [-0.4, -0.2) is 134 Å². The van der Waals surface area contributed by atoms with Gasteiger partial charge in [0.2, 0.25) is 0 Å². The van der Waals surface area contributed by atoms with E-state index < -0.39 is 0 Å². The number of thiophene rings is 2. The lowest BCUT2D eigenvalue weighted by Crippen LogP contribution is -2.41. The molecule has 14 nitrogen and oxygen atoms in total. The molecule has 2 aliphatic heterocycles. The molecule has 2 amide bonds.